The number of methoxy groups -OCH3 is 2. The second-order valence-corrected chi connectivity index (χ2v) is 8.31. The van der Waals surface area contributed by atoms with E-state index in [2.05, 4.69) is 29.1 Å². The number of carbonyl (C=O) groups excluding carboxylic acids is 2. The van der Waals surface area contributed by atoms with Crippen LogP contribution in [0, 0.1) is 0 Å². The van der Waals surface area contributed by atoms with Crippen molar-refractivity contribution in [1.29, 1.82) is 0 Å². The summed E-state index contributed by atoms with van der Waals surface area (Å²) in [4.78, 5) is 28.0. The van der Waals surface area contributed by atoms with Crippen molar-refractivity contribution < 1.29 is 19.1 Å². The van der Waals surface area contributed by atoms with Crippen molar-refractivity contribution in [2.45, 2.75) is 38.8 Å². The number of benzene rings is 2. The molecule has 1 aliphatic rings. The Labute approximate surface area is 193 Å². The predicted molar refractivity (Wildman–Crippen MR) is 125 cm³/mol. The molecule has 0 radical (unpaired) electrons. The van der Waals surface area contributed by atoms with Crippen LogP contribution < -0.4 is 0 Å². The number of rotatable bonds is 6. The zero-order valence-electron chi connectivity index (χ0n) is 19.3. The summed E-state index contributed by atoms with van der Waals surface area (Å²) in [6, 6.07) is 17.7. The number of carbonyl (C=O) groups is 2. The van der Waals surface area contributed by atoms with E-state index in [1.807, 2.05) is 42.5 Å². The van der Waals surface area contributed by atoms with Crippen molar-refractivity contribution >= 4 is 11.9 Å². The molecule has 3 aromatic rings. The number of hydrogen-bond acceptors (Lipinski definition) is 6. The third kappa shape index (κ3) is 4.68. The largest absolute Gasteiger partial charge is 0.465 e. The Kier molecular flexibility index (Phi) is 6.89. The van der Waals surface area contributed by atoms with Gasteiger partial charge in [-0.2, -0.15) is 5.10 Å². The van der Waals surface area contributed by atoms with Crippen LogP contribution in [-0.4, -0.2) is 53.4 Å². The highest BCUT2D eigenvalue weighted by Gasteiger charge is 2.31. The van der Waals surface area contributed by atoms with Crippen LogP contribution in [-0.2, 0) is 16.0 Å². The molecule has 2 heterocycles. The third-order valence-electron chi connectivity index (χ3n) is 6.21. The zero-order valence-corrected chi connectivity index (χ0v) is 19.3. The van der Waals surface area contributed by atoms with Crippen LogP contribution in [0.5, 0.6) is 0 Å². The van der Waals surface area contributed by atoms with Gasteiger partial charge in [-0.3, -0.25) is 4.90 Å². The fraction of sp³-hybridized carbons (Fsp3) is 0.346. The predicted octanol–water partition coefficient (Wildman–Crippen LogP) is 4.49. The number of aromatic nitrogens is 2. The number of nitrogens with zero attached hydrogens (tertiary/aromatic N) is 3. The van der Waals surface area contributed by atoms with Crippen LogP contribution in [0.4, 0.5) is 0 Å². The molecule has 1 unspecified atom stereocenters. The molecule has 0 N–H and O–H groups in total. The molecule has 4 rings (SSSR count). The summed E-state index contributed by atoms with van der Waals surface area (Å²) in [5, 5.41) is 4.65. The first-order valence-electron chi connectivity index (χ1n) is 11.2. The van der Waals surface area contributed by atoms with E-state index in [0.717, 1.165) is 18.7 Å². The molecule has 0 bridgehead atoms. The van der Waals surface area contributed by atoms with Crippen molar-refractivity contribution in [3.8, 4) is 16.9 Å². The highest BCUT2D eigenvalue weighted by molar-refractivity contribution is 6.06. The molecule has 1 aliphatic heterocycles. The summed E-state index contributed by atoms with van der Waals surface area (Å²) in [5.74, 6) is -1.30. The lowest BCUT2D eigenvalue weighted by Crippen LogP contribution is -2.36. The smallest absolute Gasteiger partial charge is 0.357 e. The van der Waals surface area contributed by atoms with E-state index >= 15 is 0 Å². The first-order chi connectivity index (χ1) is 16.0. The molecule has 1 aromatic heterocycles. The van der Waals surface area contributed by atoms with Gasteiger partial charge < -0.3 is 9.47 Å². The van der Waals surface area contributed by atoms with E-state index in [0.29, 0.717) is 17.4 Å². The maximum atomic E-state index is 12.8. The fourth-order valence-electron chi connectivity index (χ4n) is 4.35. The Morgan fingerprint density at radius 2 is 1.67 bits per heavy atom. The molecule has 1 atom stereocenters. The summed E-state index contributed by atoms with van der Waals surface area (Å²) >= 11 is 0. The van der Waals surface area contributed by atoms with E-state index in [1.165, 1.54) is 43.7 Å². The molecule has 0 spiro atoms. The number of ether oxygens (including phenoxy) is 2. The second-order valence-electron chi connectivity index (χ2n) is 8.31. The maximum absolute atomic E-state index is 12.8. The molecule has 0 amide bonds. The molecule has 0 saturated carbocycles. The fourth-order valence-corrected chi connectivity index (χ4v) is 4.35. The summed E-state index contributed by atoms with van der Waals surface area (Å²) < 4.78 is 11.4. The summed E-state index contributed by atoms with van der Waals surface area (Å²) in [7, 11) is 2.57. The molecule has 33 heavy (non-hydrogen) atoms. The van der Waals surface area contributed by atoms with Gasteiger partial charge in [0.1, 0.15) is 11.3 Å². The Bertz CT molecular complexity index is 1120. The summed E-state index contributed by atoms with van der Waals surface area (Å²) in [6.45, 7) is 4.28. The Balaban J connectivity index is 1.76. The quantitative estimate of drug-likeness (QED) is 0.519. The van der Waals surface area contributed by atoms with Gasteiger partial charge in [0.25, 0.3) is 0 Å². The van der Waals surface area contributed by atoms with E-state index in [9.17, 15) is 9.59 Å². The number of likely N-dealkylation sites (tertiary alicyclic amines) is 1. The molecule has 7 nitrogen and oxygen atoms in total. The Morgan fingerprint density at radius 3 is 2.30 bits per heavy atom. The standard InChI is InChI=1S/C26H29N3O4/c1-18-9-7-8-16-28(18)17-19-12-14-20(15-13-19)23-22(25(30)32-2)24(26(31)33-3)29(27-23)21-10-5-4-6-11-21/h4-6,10-15,18H,7-9,16-17H2,1-3H3. The molecular weight excluding hydrogens is 418 g/mol. The number of para-hydroxylation sites is 1. The van der Waals surface area contributed by atoms with E-state index in [4.69, 9.17) is 9.47 Å². The van der Waals surface area contributed by atoms with Crippen molar-refractivity contribution in [1.82, 2.24) is 14.7 Å². The van der Waals surface area contributed by atoms with Gasteiger partial charge in [0.05, 0.1) is 19.9 Å². The lowest BCUT2D eigenvalue weighted by Gasteiger charge is -2.33. The molecule has 7 heteroatoms. The van der Waals surface area contributed by atoms with Crippen LogP contribution in [0.2, 0.25) is 0 Å². The summed E-state index contributed by atoms with van der Waals surface area (Å²) in [5.41, 5.74) is 3.07. The van der Waals surface area contributed by atoms with E-state index < -0.39 is 11.9 Å². The minimum absolute atomic E-state index is 0.0387. The molecule has 1 saturated heterocycles. The van der Waals surface area contributed by atoms with Gasteiger partial charge in [-0.05, 0) is 44.0 Å². The van der Waals surface area contributed by atoms with Crippen LogP contribution in [0.3, 0.4) is 0 Å². The molecular formula is C26H29N3O4. The van der Waals surface area contributed by atoms with Crippen LogP contribution in [0.1, 0.15) is 52.6 Å². The minimum Gasteiger partial charge on any atom is -0.465 e. The second kappa shape index (κ2) is 10.0. The van der Waals surface area contributed by atoms with Gasteiger partial charge in [-0.1, -0.05) is 48.9 Å². The van der Waals surface area contributed by atoms with Crippen LogP contribution in [0.15, 0.2) is 54.6 Å². The van der Waals surface area contributed by atoms with Gasteiger partial charge in [0.15, 0.2) is 5.69 Å². The third-order valence-corrected chi connectivity index (χ3v) is 6.21. The first kappa shape index (κ1) is 22.7. The van der Waals surface area contributed by atoms with Gasteiger partial charge in [0, 0.05) is 18.2 Å². The monoisotopic (exact) mass is 447 g/mol. The van der Waals surface area contributed by atoms with Crippen molar-refractivity contribution in [2.24, 2.45) is 0 Å². The highest BCUT2D eigenvalue weighted by atomic mass is 16.5. The normalized spacial score (nSPS) is 16.4. The van der Waals surface area contributed by atoms with Gasteiger partial charge >= 0.3 is 11.9 Å². The lowest BCUT2D eigenvalue weighted by atomic mass is 10.0. The van der Waals surface area contributed by atoms with E-state index in [1.54, 1.807) is 0 Å². The molecule has 1 fully saturated rings. The van der Waals surface area contributed by atoms with Crippen molar-refractivity contribution in [3.05, 3.63) is 71.4 Å². The molecule has 0 aliphatic carbocycles. The van der Waals surface area contributed by atoms with Gasteiger partial charge in [-0.25, -0.2) is 14.3 Å². The zero-order chi connectivity index (χ0) is 23.4. The average Bonchev–Trinajstić information content (AvgIpc) is 3.26. The number of hydrogen-bond donors (Lipinski definition) is 0. The van der Waals surface area contributed by atoms with Gasteiger partial charge in [-0.15, -0.1) is 0 Å². The first-order valence-corrected chi connectivity index (χ1v) is 11.2. The Morgan fingerprint density at radius 1 is 0.970 bits per heavy atom. The van der Waals surface area contributed by atoms with Gasteiger partial charge in [0.2, 0.25) is 0 Å². The highest BCUT2D eigenvalue weighted by Crippen LogP contribution is 2.30. The van der Waals surface area contributed by atoms with Crippen molar-refractivity contribution in [3.63, 3.8) is 0 Å². The maximum Gasteiger partial charge on any atom is 0.357 e. The number of esters is 2. The van der Waals surface area contributed by atoms with Crippen LogP contribution in [0.25, 0.3) is 16.9 Å². The van der Waals surface area contributed by atoms with Crippen molar-refractivity contribution in [2.75, 3.05) is 20.8 Å². The SMILES string of the molecule is COC(=O)c1c(-c2ccc(CN3CCCCC3C)cc2)nn(-c2ccccc2)c1C(=O)OC. The molecule has 2 aromatic carbocycles. The summed E-state index contributed by atoms with van der Waals surface area (Å²) in [6.07, 6.45) is 3.76. The average molecular weight is 448 g/mol. The Hall–Kier alpha value is -3.45. The topological polar surface area (TPSA) is 73.7 Å². The number of piperidine rings is 1. The van der Waals surface area contributed by atoms with Crippen LogP contribution >= 0.6 is 0 Å². The lowest BCUT2D eigenvalue weighted by molar-refractivity contribution is 0.0549. The minimum atomic E-state index is -0.659. The molecule has 172 valence electrons. The van der Waals surface area contributed by atoms with E-state index in [-0.39, 0.29) is 11.3 Å².